The van der Waals surface area contributed by atoms with Gasteiger partial charge in [-0.2, -0.15) is 0 Å². The van der Waals surface area contributed by atoms with Crippen molar-refractivity contribution in [1.29, 1.82) is 0 Å². The Labute approximate surface area is 85.6 Å². The smallest absolute Gasteiger partial charge is 0.220 e. The summed E-state index contributed by atoms with van der Waals surface area (Å²) in [6, 6.07) is 0. The van der Waals surface area contributed by atoms with Crippen LogP contribution in [-0.2, 0) is 9.53 Å². The van der Waals surface area contributed by atoms with Crippen LogP contribution in [0.25, 0.3) is 0 Å². The summed E-state index contributed by atoms with van der Waals surface area (Å²) in [5, 5.41) is 11.7. The third-order valence-electron chi connectivity index (χ3n) is 1.78. The number of amides is 1. The predicted molar refractivity (Wildman–Crippen MR) is 55.0 cm³/mol. The fraction of sp³-hybridized carbons (Fsp3) is 0.900. The van der Waals surface area contributed by atoms with Gasteiger partial charge in [0.05, 0.1) is 6.10 Å². The van der Waals surface area contributed by atoms with E-state index in [1.807, 2.05) is 6.92 Å². The number of carbonyl (C=O) groups excluding carboxylic acids is 1. The molecule has 0 aromatic heterocycles. The molecule has 0 aliphatic carbocycles. The Kier molecular flexibility index (Phi) is 8.57. The molecular weight excluding hydrogens is 182 g/mol. The summed E-state index contributed by atoms with van der Waals surface area (Å²) in [6.07, 6.45) is 1.36. The Bertz CT molecular complexity index is 148. The minimum absolute atomic E-state index is 0.00222. The van der Waals surface area contributed by atoms with Crippen LogP contribution >= 0.6 is 0 Å². The molecule has 84 valence electrons. The number of ether oxygens (including phenoxy) is 1. The Morgan fingerprint density at radius 1 is 1.57 bits per heavy atom. The Morgan fingerprint density at radius 3 is 2.86 bits per heavy atom. The lowest BCUT2D eigenvalue weighted by Crippen LogP contribution is -2.25. The van der Waals surface area contributed by atoms with E-state index in [2.05, 4.69) is 5.32 Å². The summed E-state index contributed by atoms with van der Waals surface area (Å²) >= 11 is 0. The van der Waals surface area contributed by atoms with Gasteiger partial charge in [-0.05, 0) is 26.7 Å². The van der Waals surface area contributed by atoms with Gasteiger partial charge in [0.2, 0.25) is 5.91 Å². The van der Waals surface area contributed by atoms with Crippen LogP contribution in [0.5, 0.6) is 0 Å². The van der Waals surface area contributed by atoms with Gasteiger partial charge >= 0.3 is 0 Å². The van der Waals surface area contributed by atoms with E-state index in [1.165, 1.54) is 0 Å². The molecule has 0 fully saturated rings. The van der Waals surface area contributed by atoms with E-state index in [1.54, 1.807) is 6.92 Å². The third kappa shape index (κ3) is 9.48. The van der Waals surface area contributed by atoms with Crippen molar-refractivity contribution in [1.82, 2.24) is 5.32 Å². The molecule has 0 heterocycles. The van der Waals surface area contributed by atoms with Crippen molar-refractivity contribution in [2.24, 2.45) is 0 Å². The van der Waals surface area contributed by atoms with Crippen molar-refractivity contribution in [3.8, 4) is 0 Å². The van der Waals surface area contributed by atoms with Gasteiger partial charge < -0.3 is 15.2 Å². The summed E-state index contributed by atoms with van der Waals surface area (Å²) < 4.78 is 5.12. The maximum Gasteiger partial charge on any atom is 0.220 e. The zero-order valence-corrected chi connectivity index (χ0v) is 9.08. The highest BCUT2D eigenvalue weighted by molar-refractivity contribution is 5.75. The molecule has 2 N–H and O–H groups in total. The van der Waals surface area contributed by atoms with Crippen LogP contribution in [0.3, 0.4) is 0 Å². The van der Waals surface area contributed by atoms with E-state index < -0.39 is 6.10 Å². The van der Waals surface area contributed by atoms with Crippen LogP contribution in [0, 0.1) is 0 Å². The van der Waals surface area contributed by atoms with Crippen molar-refractivity contribution < 1.29 is 14.6 Å². The molecule has 0 spiro atoms. The molecule has 1 unspecified atom stereocenters. The van der Waals surface area contributed by atoms with Crippen molar-refractivity contribution in [3.63, 3.8) is 0 Å². The average molecular weight is 203 g/mol. The second-order valence-corrected chi connectivity index (χ2v) is 3.29. The number of rotatable bonds is 8. The topological polar surface area (TPSA) is 58.6 Å². The van der Waals surface area contributed by atoms with Crippen LogP contribution < -0.4 is 5.32 Å². The first kappa shape index (κ1) is 13.4. The molecule has 14 heavy (non-hydrogen) atoms. The molecule has 0 bridgehead atoms. The molecule has 0 aromatic carbocycles. The standard InChI is InChI=1S/C10H21NO3/c1-3-14-8-4-7-11-10(13)6-5-9(2)12/h9,12H,3-8H2,1-2H3,(H,11,13). The molecule has 1 amide bonds. The van der Waals surface area contributed by atoms with Crippen LogP contribution in [0.1, 0.15) is 33.1 Å². The summed E-state index contributed by atoms with van der Waals surface area (Å²) in [5.41, 5.74) is 0. The first-order valence-corrected chi connectivity index (χ1v) is 5.19. The summed E-state index contributed by atoms with van der Waals surface area (Å²) in [6.45, 7) is 5.69. The van der Waals surface area contributed by atoms with E-state index in [9.17, 15) is 4.79 Å². The largest absolute Gasteiger partial charge is 0.393 e. The summed E-state index contributed by atoms with van der Waals surface area (Å²) in [5.74, 6) is 0.00222. The number of carbonyl (C=O) groups is 1. The fourth-order valence-electron chi connectivity index (χ4n) is 0.975. The van der Waals surface area contributed by atoms with Gasteiger partial charge in [-0.25, -0.2) is 0 Å². The lowest BCUT2D eigenvalue weighted by atomic mass is 10.2. The second kappa shape index (κ2) is 8.97. The van der Waals surface area contributed by atoms with Crippen molar-refractivity contribution in [3.05, 3.63) is 0 Å². The van der Waals surface area contributed by atoms with E-state index in [0.29, 0.717) is 26.0 Å². The molecule has 0 saturated carbocycles. The minimum Gasteiger partial charge on any atom is -0.393 e. The van der Waals surface area contributed by atoms with Gasteiger partial charge in [0.15, 0.2) is 0 Å². The van der Waals surface area contributed by atoms with Gasteiger partial charge in [0.25, 0.3) is 0 Å². The molecule has 4 nitrogen and oxygen atoms in total. The first-order chi connectivity index (χ1) is 6.66. The lowest BCUT2D eigenvalue weighted by molar-refractivity contribution is -0.121. The molecule has 4 heteroatoms. The normalized spacial score (nSPS) is 12.5. The van der Waals surface area contributed by atoms with E-state index in [4.69, 9.17) is 9.84 Å². The highest BCUT2D eigenvalue weighted by atomic mass is 16.5. The van der Waals surface area contributed by atoms with E-state index in [0.717, 1.165) is 13.0 Å². The molecule has 0 rings (SSSR count). The van der Waals surface area contributed by atoms with Crippen molar-refractivity contribution >= 4 is 5.91 Å². The van der Waals surface area contributed by atoms with Gasteiger partial charge in [-0.15, -0.1) is 0 Å². The highest BCUT2D eigenvalue weighted by Crippen LogP contribution is 1.94. The molecular formula is C10H21NO3. The van der Waals surface area contributed by atoms with Gasteiger partial charge in [0.1, 0.15) is 0 Å². The average Bonchev–Trinajstić information content (AvgIpc) is 2.14. The van der Waals surface area contributed by atoms with Crippen LogP contribution in [-0.4, -0.2) is 36.9 Å². The highest BCUT2D eigenvalue weighted by Gasteiger charge is 2.02. The van der Waals surface area contributed by atoms with Crippen molar-refractivity contribution in [2.75, 3.05) is 19.8 Å². The van der Waals surface area contributed by atoms with Crippen LogP contribution in [0.4, 0.5) is 0 Å². The van der Waals surface area contributed by atoms with Crippen LogP contribution in [0.15, 0.2) is 0 Å². The van der Waals surface area contributed by atoms with Crippen molar-refractivity contribution in [2.45, 2.75) is 39.2 Å². The van der Waals surface area contributed by atoms with E-state index in [-0.39, 0.29) is 5.91 Å². The second-order valence-electron chi connectivity index (χ2n) is 3.29. The number of hydrogen-bond acceptors (Lipinski definition) is 3. The van der Waals surface area contributed by atoms with E-state index >= 15 is 0 Å². The molecule has 0 saturated heterocycles. The maximum absolute atomic E-state index is 11.1. The summed E-state index contributed by atoms with van der Waals surface area (Å²) in [7, 11) is 0. The number of nitrogens with one attached hydrogen (secondary N) is 1. The molecule has 0 aliphatic heterocycles. The minimum atomic E-state index is -0.399. The van der Waals surface area contributed by atoms with Gasteiger partial charge in [-0.1, -0.05) is 0 Å². The number of aliphatic hydroxyl groups excluding tert-OH is 1. The first-order valence-electron chi connectivity index (χ1n) is 5.19. The third-order valence-corrected chi connectivity index (χ3v) is 1.78. The summed E-state index contributed by atoms with van der Waals surface area (Å²) in [4.78, 5) is 11.1. The molecule has 0 aliphatic rings. The van der Waals surface area contributed by atoms with Gasteiger partial charge in [-0.3, -0.25) is 4.79 Å². The Hall–Kier alpha value is -0.610. The Morgan fingerprint density at radius 2 is 2.29 bits per heavy atom. The number of hydrogen-bond donors (Lipinski definition) is 2. The maximum atomic E-state index is 11.1. The monoisotopic (exact) mass is 203 g/mol. The lowest BCUT2D eigenvalue weighted by Gasteiger charge is -2.06. The SMILES string of the molecule is CCOCCCNC(=O)CCC(C)O. The fourth-order valence-corrected chi connectivity index (χ4v) is 0.975. The van der Waals surface area contributed by atoms with Gasteiger partial charge in [0, 0.05) is 26.2 Å². The van der Waals surface area contributed by atoms with Crippen LogP contribution in [0.2, 0.25) is 0 Å². The predicted octanol–water partition coefficient (Wildman–Crippen LogP) is 0.690. The molecule has 0 aromatic rings. The Balaban J connectivity index is 3.18. The zero-order valence-electron chi connectivity index (χ0n) is 9.08. The zero-order chi connectivity index (χ0) is 10.8. The molecule has 0 radical (unpaired) electrons. The molecule has 1 atom stereocenters. The number of aliphatic hydroxyl groups is 1. The quantitative estimate of drug-likeness (QED) is 0.571.